The summed E-state index contributed by atoms with van der Waals surface area (Å²) in [5.74, 6) is 0.910. The van der Waals surface area contributed by atoms with Crippen molar-refractivity contribution in [2.45, 2.75) is 50.5 Å². The molecule has 0 spiro atoms. The van der Waals surface area contributed by atoms with Gasteiger partial charge in [0.2, 0.25) is 0 Å². The van der Waals surface area contributed by atoms with Gasteiger partial charge in [-0.2, -0.15) is 0 Å². The number of allylic oxidation sites excluding steroid dienone is 2. The van der Waals surface area contributed by atoms with Crippen molar-refractivity contribution in [2.75, 3.05) is 25.6 Å². The number of benzene rings is 2. The Bertz CT molecular complexity index is 782. The van der Waals surface area contributed by atoms with Crippen molar-refractivity contribution in [2.24, 2.45) is 0 Å². The monoisotopic (exact) mass is 377 g/mol. The molecule has 1 saturated heterocycles. The van der Waals surface area contributed by atoms with Gasteiger partial charge in [-0.3, -0.25) is 0 Å². The van der Waals surface area contributed by atoms with Crippen LogP contribution in [0.25, 0.3) is 0 Å². The predicted octanol–water partition coefficient (Wildman–Crippen LogP) is 5.55. The highest BCUT2D eigenvalue weighted by atomic mass is 16.5. The Kier molecular flexibility index (Phi) is 6.01. The normalized spacial score (nSPS) is 17.4. The lowest BCUT2D eigenvalue weighted by molar-refractivity contribution is -0.0451. The first-order chi connectivity index (χ1) is 13.7. The van der Waals surface area contributed by atoms with Gasteiger partial charge < -0.3 is 14.8 Å². The molecule has 28 heavy (non-hydrogen) atoms. The van der Waals surface area contributed by atoms with Crippen LogP contribution in [-0.4, -0.2) is 25.9 Å². The molecule has 1 aliphatic carbocycles. The van der Waals surface area contributed by atoms with E-state index in [0.717, 1.165) is 38.2 Å². The van der Waals surface area contributed by atoms with Crippen LogP contribution in [0.4, 0.5) is 5.69 Å². The van der Waals surface area contributed by atoms with E-state index in [9.17, 15) is 0 Å². The zero-order chi connectivity index (χ0) is 19.2. The molecule has 0 radical (unpaired) electrons. The van der Waals surface area contributed by atoms with Crippen molar-refractivity contribution >= 4 is 5.69 Å². The second-order valence-electron chi connectivity index (χ2n) is 8.20. The Morgan fingerprint density at radius 1 is 0.964 bits per heavy atom. The topological polar surface area (TPSA) is 30.5 Å². The van der Waals surface area contributed by atoms with Gasteiger partial charge in [-0.1, -0.05) is 35.9 Å². The molecule has 2 aromatic carbocycles. The van der Waals surface area contributed by atoms with Crippen LogP contribution in [-0.2, 0) is 17.6 Å². The van der Waals surface area contributed by atoms with Crippen molar-refractivity contribution in [3.05, 3.63) is 71.3 Å². The molecule has 148 valence electrons. The van der Waals surface area contributed by atoms with Crippen LogP contribution in [0.5, 0.6) is 5.75 Å². The van der Waals surface area contributed by atoms with E-state index in [-0.39, 0.29) is 5.54 Å². The first kappa shape index (κ1) is 19.1. The maximum absolute atomic E-state index is 5.56. The summed E-state index contributed by atoms with van der Waals surface area (Å²) < 4.78 is 10.8. The van der Waals surface area contributed by atoms with Crippen molar-refractivity contribution in [3.8, 4) is 5.75 Å². The van der Waals surface area contributed by atoms with E-state index in [2.05, 4.69) is 47.8 Å². The molecule has 1 N–H and O–H groups in total. The van der Waals surface area contributed by atoms with Crippen LogP contribution in [0.1, 0.15) is 43.2 Å². The molecule has 1 saturated carbocycles. The minimum atomic E-state index is 0.0517. The van der Waals surface area contributed by atoms with Gasteiger partial charge in [0.25, 0.3) is 0 Å². The molecule has 1 aliphatic heterocycles. The minimum absolute atomic E-state index is 0.0517. The second kappa shape index (κ2) is 8.83. The van der Waals surface area contributed by atoms with Crippen molar-refractivity contribution in [1.29, 1.82) is 0 Å². The molecule has 2 fully saturated rings. The molecule has 2 aliphatic rings. The predicted molar refractivity (Wildman–Crippen MR) is 115 cm³/mol. The van der Waals surface area contributed by atoms with E-state index in [4.69, 9.17) is 9.47 Å². The summed E-state index contributed by atoms with van der Waals surface area (Å²) in [6.07, 6.45) is 10.9. The van der Waals surface area contributed by atoms with Gasteiger partial charge in [0, 0.05) is 5.69 Å². The van der Waals surface area contributed by atoms with Gasteiger partial charge in [-0.25, -0.2) is 0 Å². The van der Waals surface area contributed by atoms with Gasteiger partial charge in [0.1, 0.15) is 5.75 Å². The SMILES string of the molecule is COc1ccc(CCC2(Nc3ccc(CCC=C4CCC4)cc3)COC2)cc1. The number of aryl methyl sites for hydroxylation is 2. The third-order valence-electron chi connectivity index (χ3n) is 6.03. The average molecular weight is 378 g/mol. The summed E-state index contributed by atoms with van der Waals surface area (Å²) in [5.41, 5.74) is 5.65. The lowest BCUT2D eigenvalue weighted by atomic mass is 9.89. The number of nitrogens with one attached hydrogen (secondary N) is 1. The van der Waals surface area contributed by atoms with E-state index >= 15 is 0 Å². The molecule has 0 bridgehead atoms. The standard InChI is InChI=1S/C25H31NO2/c1-27-24-14-10-22(11-15-24)16-17-25(18-28-19-25)26-23-12-8-21(9-13-23)7-3-6-20-4-2-5-20/h6,8-15,26H,2-5,7,16-19H2,1H3. The van der Waals surface area contributed by atoms with Crippen molar-refractivity contribution in [1.82, 2.24) is 0 Å². The molecular weight excluding hydrogens is 346 g/mol. The Morgan fingerprint density at radius 3 is 2.21 bits per heavy atom. The summed E-state index contributed by atoms with van der Waals surface area (Å²) in [6, 6.07) is 17.3. The second-order valence-corrected chi connectivity index (χ2v) is 8.20. The highest BCUT2D eigenvalue weighted by Crippen LogP contribution is 2.29. The fourth-order valence-corrected chi connectivity index (χ4v) is 3.89. The summed E-state index contributed by atoms with van der Waals surface area (Å²) in [5, 5.41) is 3.74. The first-order valence-electron chi connectivity index (χ1n) is 10.5. The number of anilines is 1. The zero-order valence-electron chi connectivity index (χ0n) is 16.9. The van der Waals surface area contributed by atoms with E-state index in [1.165, 1.54) is 42.5 Å². The van der Waals surface area contributed by atoms with Gasteiger partial charge in [-0.05, 0) is 80.3 Å². The van der Waals surface area contributed by atoms with E-state index in [1.54, 1.807) is 12.7 Å². The van der Waals surface area contributed by atoms with Crippen LogP contribution in [0, 0.1) is 0 Å². The number of ether oxygens (including phenoxy) is 2. The number of methoxy groups -OCH3 is 1. The highest BCUT2D eigenvalue weighted by molar-refractivity contribution is 5.48. The summed E-state index contributed by atoms with van der Waals surface area (Å²) in [6.45, 7) is 1.55. The highest BCUT2D eigenvalue weighted by Gasteiger charge is 2.38. The fourth-order valence-electron chi connectivity index (χ4n) is 3.89. The maximum Gasteiger partial charge on any atom is 0.118 e. The molecule has 1 heterocycles. The molecule has 0 amide bonds. The van der Waals surface area contributed by atoms with Gasteiger partial charge in [0.15, 0.2) is 0 Å². The largest absolute Gasteiger partial charge is 0.497 e. The van der Waals surface area contributed by atoms with Crippen molar-refractivity contribution in [3.63, 3.8) is 0 Å². The number of hydrogen-bond donors (Lipinski definition) is 1. The number of hydrogen-bond acceptors (Lipinski definition) is 3. The third-order valence-corrected chi connectivity index (χ3v) is 6.03. The molecular formula is C25H31NO2. The zero-order valence-corrected chi connectivity index (χ0v) is 16.9. The Balaban J connectivity index is 1.29. The van der Waals surface area contributed by atoms with E-state index in [0.29, 0.717) is 0 Å². The van der Waals surface area contributed by atoms with Gasteiger partial charge in [0.05, 0.1) is 25.9 Å². The summed E-state index contributed by atoms with van der Waals surface area (Å²) in [7, 11) is 1.70. The molecule has 3 nitrogen and oxygen atoms in total. The molecule has 2 aromatic rings. The first-order valence-corrected chi connectivity index (χ1v) is 10.5. The Hall–Kier alpha value is -2.26. The van der Waals surface area contributed by atoms with Crippen LogP contribution < -0.4 is 10.1 Å². The maximum atomic E-state index is 5.56. The summed E-state index contributed by atoms with van der Waals surface area (Å²) >= 11 is 0. The van der Waals surface area contributed by atoms with E-state index < -0.39 is 0 Å². The molecule has 0 aromatic heterocycles. The molecule has 3 heteroatoms. The van der Waals surface area contributed by atoms with Crippen LogP contribution in [0.2, 0.25) is 0 Å². The minimum Gasteiger partial charge on any atom is -0.497 e. The molecule has 0 unspecified atom stereocenters. The summed E-state index contributed by atoms with van der Waals surface area (Å²) in [4.78, 5) is 0. The quantitative estimate of drug-likeness (QED) is 0.581. The van der Waals surface area contributed by atoms with Gasteiger partial charge in [-0.15, -0.1) is 0 Å². The van der Waals surface area contributed by atoms with Crippen molar-refractivity contribution < 1.29 is 9.47 Å². The van der Waals surface area contributed by atoms with Crippen LogP contribution in [0.15, 0.2) is 60.2 Å². The molecule has 4 rings (SSSR count). The smallest absolute Gasteiger partial charge is 0.118 e. The Morgan fingerprint density at radius 2 is 1.64 bits per heavy atom. The fraction of sp³-hybridized carbons (Fsp3) is 0.440. The average Bonchev–Trinajstić information content (AvgIpc) is 2.67. The van der Waals surface area contributed by atoms with Gasteiger partial charge >= 0.3 is 0 Å². The van der Waals surface area contributed by atoms with Crippen LogP contribution in [0.3, 0.4) is 0 Å². The lowest BCUT2D eigenvalue weighted by Gasteiger charge is -2.43. The van der Waals surface area contributed by atoms with Crippen LogP contribution >= 0.6 is 0 Å². The molecule has 0 atom stereocenters. The number of rotatable bonds is 9. The Labute approximate surface area is 168 Å². The lowest BCUT2D eigenvalue weighted by Crippen LogP contribution is -2.56. The third kappa shape index (κ3) is 4.77. The van der Waals surface area contributed by atoms with E-state index in [1.807, 2.05) is 12.1 Å².